The summed E-state index contributed by atoms with van der Waals surface area (Å²) in [7, 11) is 0. The molecule has 1 saturated heterocycles. The quantitative estimate of drug-likeness (QED) is 0.598. The van der Waals surface area contributed by atoms with Crippen LogP contribution in [0.4, 0.5) is 0 Å². The standard InChI is InChI=1S/C10H16ClNO/c11-8-6-7-4-2-1-3-5-9(7)12-10(8)13/h7-9H,1-6H2,(H,12,13). The van der Waals surface area contributed by atoms with Crippen molar-refractivity contribution in [3.8, 4) is 0 Å². The number of hydrogen-bond donors (Lipinski definition) is 1. The summed E-state index contributed by atoms with van der Waals surface area (Å²) in [5.41, 5.74) is 0. The molecular formula is C10H16ClNO. The summed E-state index contributed by atoms with van der Waals surface area (Å²) in [6.45, 7) is 0. The molecule has 2 aliphatic rings. The normalized spacial score (nSPS) is 40.4. The molecule has 0 spiro atoms. The first kappa shape index (κ1) is 9.32. The van der Waals surface area contributed by atoms with Gasteiger partial charge < -0.3 is 5.32 Å². The predicted octanol–water partition coefficient (Wildman–Crippen LogP) is 2.06. The monoisotopic (exact) mass is 201 g/mol. The number of nitrogens with one attached hydrogen (secondary N) is 1. The van der Waals surface area contributed by atoms with E-state index in [-0.39, 0.29) is 11.3 Å². The van der Waals surface area contributed by atoms with Gasteiger partial charge >= 0.3 is 0 Å². The smallest absolute Gasteiger partial charge is 0.238 e. The van der Waals surface area contributed by atoms with Crippen LogP contribution in [0.2, 0.25) is 0 Å². The van der Waals surface area contributed by atoms with Gasteiger partial charge in [0.05, 0.1) is 0 Å². The maximum absolute atomic E-state index is 11.3. The third-order valence-electron chi connectivity index (χ3n) is 3.28. The van der Waals surface area contributed by atoms with E-state index in [2.05, 4.69) is 5.32 Å². The maximum atomic E-state index is 11.3. The van der Waals surface area contributed by atoms with Crippen molar-refractivity contribution in [3.05, 3.63) is 0 Å². The number of carbonyl (C=O) groups is 1. The van der Waals surface area contributed by atoms with E-state index in [0.29, 0.717) is 12.0 Å². The van der Waals surface area contributed by atoms with Crippen LogP contribution in [-0.2, 0) is 4.79 Å². The van der Waals surface area contributed by atoms with Gasteiger partial charge in [-0.2, -0.15) is 0 Å². The first-order chi connectivity index (χ1) is 6.27. The van der Waals surface area contributed by atoms with Crippen LogP contribution < -0.4 is 5.32 Å². The molecule has 1 N–H and O–H groups in total. The first-order valence-electron chi connectivity index (χ1n) is 5.22. The molecular weight excluding hydrogens is 186 g/mol. The van der Waals surface area contributed by atoms with E-state index in [1.165, 1.54) is 25.7 Å². The Labute approximate surface area is 84.0 Å². The minimum Gasteiger partial charge on any atom is -0.352 e. The lowest BCUT2D eigenvalue weighted by molar-refractivity contribution is -0.124. The zero-order valence-electron chi connectivity index (χ0n) is 7.76. The lowest BCUT2D eigenvalue weighted by Gasteiger charge is -2.33. The van der Waals surface area contributed by atoms with Crippen molar-refractivity contribution in [3.63, 3.8) is 0 Å². The van der Waals surface area contributed by atoms with Gasteiger partial charge in [-0.1, -0.05) is 19.3 Å². The van der Waals surface area contributed by atoms with Crippen LogP contribution in [0.1, 0.15) is 38.5 Å². The molecule has 1 saturated carbocycles. The van der Waals surface area contributed by atoms with Gasteiger partial charge in [0.2, 0.25) is 5.91 Å². The first-order valence-corrected chi connectivity index (χ1v) is 5.65. The Hall–Kier alpha value is -0.240. The second kappa shape index (κ2) is 3.87. The van der Waals surface area contributed by atoms with E-state index in [9.17, 15) is 4.79 Å². The van der Waals surface area contributed by atoms with E-state index in [0.717, 1.165) is 12.8 Å². The Kier molecular flexibility index (Phi) is 2.77. The van der Waals surface area contributed by atoms with Gasteiger partial charge in [0.25, 0.3) is 0 Å². The summed E-state index contributed by atoms with van der Waals surface area (Å²) in [5, 5.41) is 2.76. The van der Waals surface area contributed by atoms with Crippen LogP contribution in [0.3, 0.4) is 0 Å². The molecule has 2 nitrogen and oxygen atoms in total. The third-order valence-corrected chi connectivity index (χ3v) is 3.66. The molecule has 0 aromatic rings. The van der Waals surface area contributed by atoms with Crippen LogP contribution in [-0.4, -0.2) is 17.3 Å². The van der Waals surface area contributed by atoms with Crippen molar-refractivity contribution >= 4 is 17.5 Å². The summed E-state index contributed by atoms with van der Waals surface area (Å²) in [6, 6.07) is 0.421. The number of halogens is 1. The number of piperidine rings is 1. The molecule has 3 heteroatoms. The molecule has 2 fully saturated rings. The maximum Gasteiger partial charge on any atom is 0.238 e. The minimum atomic E-state index is -0.278. The fourth-order valence-corrected chi connectivity index (χ4v) is 2.79. The third kappa shape index (κ3) is 1.98. The zero-order chi connectivity index (χ0) is 9.26. The topological polar surface area (TPSA) is 29.1 Å². The van der Waals surface area contributed by atoms with Crippen molar-refractivity contribution in [2.75, 3.05) is 0 Å². The van der Waals surface area contributed by atoms with Crippen LogP contribution in [0.25, 0.3) is 0 Å². The van der Waals surface area contributed by atoms with Gasteiger partial charge in [-0.25, -0.2) is 0 Å². The summed E-state index contributed by atoms with van der Waals surface area (Å²) < 4.78 is 0. The molecule has 1 aliphatic heterocycles. The predicted molar refractivity (Wildman–Crippen MR) is 52.8 cm³/mol. The Morgan fingerprint density at radius 3 is 2.85 bits per heavy atom. The molecule has 0 radical (unpaired) electrons. The second-order valence-electron chi connectivity index (χ2n) is 4.22. The van der Waals surface area contributed by atoms with Crippen LogP contribution in [0.5, 0.6) is 0 Å². The van der Waals surface area contributed by atoms with Crippen molar-refractivity contribution in [1.29, 1.82) is 0 Å². The van der Waals surface area contributed by atoms with Gasteiger partial charge in [0.1, 0.15) is 5.38 Å². The largest absolute Gasteiger partial charge is 0.352 e. The molecule has 3 atom stereocenters. The number of hydrogen-bond acceptors (Lipinski definition) is 1. The molecule has 1 aliphatic carbocycles. The van der Waals surface area contributed by atoms with Crippen molar-refractivity contribution in [1.82, 2.24) is 5.32 Å². The molecule has 1 heterocycles. The van der Waals surface area contributed by atoms with E-state index in [1.54, 1.807) is 0 Å². The molecule has 3 unspecified atom stereocenters. The Bertz CT molecular complexity index is 207. The SMILES string of the molecule is O=C1NC2CCCCCC2CC1Cl. The highest BCUT2D eigenvalue weighted by atomic mass is 35.5. The van der Waals surface area contributed by atoms with Crippen LogP contribution >= 0.6 is 11.6 Å². The molecule has 0 aromatic carbocycles. The zero-order valence-corrected chi connectivity index (χ0v) is 8.52. The summed E-state index contributed by atoms with van der Waals surface area (Å²) >= 11 is 5.93. The molecule has 1 amide bonds. The molecule has 13 heavy (non-hydrogen) atoms. The highest BCUT2D eigenvalue weighted by Gasteiger charge is 2.34. The molecule has 2 rings (SSSR count). The van der Waals surface area contributed by atoms with E-state index >= 15 is 0 Å². The van der Waals surface area contributed by atoms with Gasteiger partial charge in [0.15, 0.2) is 0 Å². The van der Waals surface area contributed by atoms with E-state index in [1.807, 2.05) is 0 Å². The average molecular weight is 202 g/mol. The summed E-state index contributed by atoms with van der Waals surface area (Å²) in [5.74, 6) is 0.688. The fraction of sp³-hybridized carbons (Fsp3) is 0.900. The van der Waals surface area contributed by atoms with Gasteiger partial charge in [0, 0.05) is 6.04 Å². The lowest BCUT2D eigenvalue weighted by atomic mass is 9.87. The fourth-order valence-electron chi connectivity index (χ4n) is 2.50. The van der Waals surface area contributed by atoms with Crippen LogP contribution in [0, 0.1) is 5.92 Å². The van der Waals surface area contributed by atoms with Gasteiger partial charge in [-0.3, -0.25) is 4.79 Å². The van der Waals surface area contributed by atoms with Crippen molar-refractivity contribution < 1.29 is 4.79 Å². The second-order valence-corrected chi connectivity index (χ2v) is 4.74. The number of alkyl halides is 1. The van der Waals surface area contributed by atoms with Crippen molar-refractivity contribution in [2.45, 2.75) is 49.9 Å². The summed E-state index contributed by atoms with van der Waals surface area (Å²) in [6.07, 6.45) is 7.16. The number of fused-ring (bicyclic) bond motifs is 1. The molecule has 0 aromatic heterocycles. The molecule has 74 valence electrons. The van der Waals surface area contributed by atoms with E-state index < -0.39 is 0 Å². The van der Waals surface area contributed by atoms with Crippen LogP contribution in [0.15, 0.2) is 0 Å². The van der Waals surface area contributed by atoms with Gasteiger partial charge in [-0.05, 0) is 25.2 Å². The van der Waals surface area contributed by atoms with Gasteiger partial charge in [-0.15, -0.1) is 11.6 Å². The Balaban J connectivity index is 2.03. The minimum absolute atomic E-state index is 0.0461. The number of rotatable bonds is 0. The average Bonchev–Trinajstić information content (AvgIpc) is 2.31. The Morgan fingerprint density at radius 1 is 1.23 bits per heavy atom. The summed E-state index contributed by atoms with van der Waals surface area (Å²) in [4.78, 5) is 11.3. The highest BCUT2D eigenvalue weighted by molar-refractivity contribution is 6.30. The van der Waals surface area contributed by atoms with E-state index in [4.69, 9.17) is 11.6 Å². The number of carbonyl (C=O) groups excluding carboxylic acids is 1. The number of amides is 1. The highest BCUT2D eigenvalue weighted by Crippen LogP contribution is 2.31. The lowest BCUT2D eigenvalue weighted by Crippen LogP contribution is -2.49. The Morgan fingerprint density at radius 2 is 2.00 bits per heavy atom. The van der Waals surface area contributed by atoms with Crippen molar-refractivity contribution in [2.24, 2.45) is 5.92 Å². The molecule has 0 bridgehead atoms.